The van der Waals surface area contributed by atoms with Crippen LogP contribution in [0.25, 0.3) is 0 Å². The molecule has 3 aromatic carbocycles. The molecule has 4 N–H and O–H groups in total. The van der Waals surface area contributed by atoms with Gasteiger partial charge in [-0.05, 0) is 72.8 Å². The van der Waals surface area contributed by atoms with Gasteiger partial charge >= 0.3 is 0 Å². The van der Waals surface area contributed by atoms with Gasteiger partial charge in [-0.3, -0.25) is 14.4 Å². The molecule has 246 valence electrons. The predicted molar refractivity (Wildman–Crippen MR) is 182 cm³/mol. The number of benzene rings is 3. The highest BCUT2D eigenvalue weighted by Crippen LogP contribution is 2.46. The molecule has 0 bridgehead atoms. The van der Waals surface area contributed by atoms with E-state index >= 15 is 0 Å². The molecule has 47 heavy (non-hydrogen) atoms. The minimum Gasteiger partial charge on any atom is -0.394 e. The minimum absolute atomic E-state index is 0.00578. The minimum atomic E-state index is -1.89. The molecule has 6 rings (SSSR count). The fourth-order valence-corrected chi connectivity index (χ4v) is 7.12. The largest absolute Gasteiger partial charge is 0.394 e. The molecule has 10 heteroatoms. The third-order valence-corrected chi connectivity index (χ3v) is 9.96. The smallest absolute Gasteiger partial charge is 0.264 e. The van der Waals surface area contributed by atoms with E-state index in [1.807, 2.05) is 48.5 Å². The first-order chi connectivity index (χ1) is 22.7. The lowest BCUT2D eigenvalue weighted by atomic mass is 9.83. The van der Waals surface area contributed by atoms with E-state index in [0.717, 1.165) is 36.1 Å². The maximum Gasteiger partial charge on any atom is 0.264 e. The molecule has 3 aliphatic rings. The molecule has 0 radical (unpaired) electrons. The van der Waals surface area contributed by atoms with Gasteiger partial charge in [0.15, 0.2) is 5.60 Å². The Morgan fingerprint density at radius 1 is 1.13 bits per heavy atom. The van der Waals surface area contributed by atoms with E-state index in [9.17, 15) is 24.6 Å². The third-order valence-electron chi connectivity index (χ3n) is 9.72. The molecule has 0 aliphatic carbocycles. The molecule has 3 amide bonds. The van der Waals surface area contributed by atoms with Crippen molar-refractivity contribution in [1.29, 1.82) is 0 Å². The van der Waals surface area contributed by atoms with E-state index < -0.39 is 17.4 Å². The average Bonchev–Trinajstić information content (AvgIpc) is 3.30. The number of piperidine rings is 1. The number of fused-ring (bicyclic) bond motifs is 2. The molecule has 3 aromatic rings. The lowest BCUT2D eigenvalue weighted by Crippen LogP contribution is -2.46. The standard InChI is InChI=1S/C37H41ClN4O5/c1-24(6-4-10-34(44)41-22-28-8-3-2-7-26(28)18-31(41)23-43)37(47)32-19-29(38)13-16-33(32)42(36(37)46)21-25-11-14-30(15-12-25)40-35(45)27-9-5-17-39-20-27/h2-4,6-8,11-16,19,24,27,31,39,43,47H,5,9-10,17-18,20-23H2,1H3,(H,40,45)/b6-4+/t24-,27?,31-,37+/m0/s1. The summed E-state index contributed by atoms with van der Waals surface area (Å²) in [5.41, 5.74) is 2.82. The monoisotopic (exact) mass is 656 g/mol. The van der Waals surface area contributed by atoms with Crippen LogP contribution < -0.4 is 15.5 Å². The molecular weight excluding hydrogens is 616 g/mol. The molecule has 9 nitrogen and oxygen atoms in total. The zero-order valence-corrected chi connectivity index (χ0v) is 27.2. The molecule has 1 saturated heterocycles. The SMILES string of the molecule is C[C@@H](/C=C/CC(=O)N1Cc2ccccc2C[C@H]1CO)[C@]1(O)C(=O)N(Cc2ccc(NC(=O)C3CCCNC3)cc2)c2ccc(Cl)cc21. The Morgan fingerprint density at radius 3 is 2.62 bits per heavy atom. The van der Waals surface area contributed by atoms with Crippen molar-refractivity contribution in [2.24, 2.45) is 11.8 Å². The molecule has 1 fully saturated rings. The number of aliphatic hydroxyl groups is 2. The van der Waals surface area contributed by atoms with Crippen molar-refractivity contribution in [3.63, 3.8) is 0 Å². The molecule has 3 heterocycles. The Labute approximate surface area is 280 Å². The number of amides is 3. The summed E-state index contributed by atoms with van der Waals surface area (Å²) >= 11 is 6.35. The van der Waals surface area contributed by atoms with Crippen LogP contribution in [0.5, 0.6) is 0 Å². The van der Waals surface area contributed by atoms with Crippen LogP contribution in [0.4, 0.5) is 11.4 Å². The summed E-state index contributed by atoms with van der Waals surface area (Å²) in [7, 11) is 0. The van der Waals surface area contributed by atoms with Gasteiger partial charge in [0.05, 0.1) is 30.8 Å². The quantitative estimate of drug-likeness (QED) is 0.251. The fourth-order valence-electron chi connectivity index (χ4n) is 6.94. The molecule has 3 aliphatic heterocycles. The first-order valence-electron chi connectivity index (χ1n) is 16.3. The van der Waals surface area contributed by atoms with Crippen molar-refractivity contribution in [2.45, 2.75) is 57.3 Å². The van der Waals surface area contributed by atoms with Crippen molar-refractivity contribution >= 4 is 40.7 Å². The van der Waals surface area contributed by atoms with E-state index in [1.165, 1.54) is 0 Å². The van der Waals surface area contributed by atoms with Gasteiger partial charge in [0, 0.05) is 41.7 Å². The van der Waals surface area contributed by atoms with Gasteiger partial charge < -0.3 is 30.6 Å². The second kappa shape index (κ2) is 14.0. The molecule has 0 saturated carbocycles. The number of anilines is 2. The molecule has 4 atom stereocenters. The average molecular weight is 657 g/mol. The number of aliphatic hydroxyl groups excluding tert-OH is 1. The van der Waals surface area contributed by atoms with E-state index in [-0.39, 0.29) is 43.3 Å². The predicted octanol–water partition coefficient (Wildman–Crippen LogP) is 4.54. The summed E-state index contributed by atoms with van der Waals surface area (Å²) in [6.07, 6.45) is 5.90. The number of hydrogen-bond acceptors (Lipinski definition) is 6. The van der Waals surface area contributed by atoms with Crippen LogP contribution in [-0.2, 0) is 39.5 Å². The van der Waals surface area contributed by atoms with Gasteiger partial charge in [-0.15, -0.1) is 0 Å². The van der Waals surface area contributed by atoms with E-state index in [2.05, 4.69) is 10.6 Å². The lowest BCUT2D eigenvalue weighted by molar-refractivity contribution is -0.139. The number of halogens is 1. The highest BCUT2D eigenvalue weighted by molar-refractivity contribution is 6.31. The van der Waals surface area contributed by atoms with Crippen LogP contribution in [0, 0.1) is 11.8 Å². The molecular formula is C37H41ClN4O5. The molecule has 0 aromatic heterocycles. The fraction of sp³-hybridized carbons (Fsp3) is 0.378. The summed E-state index contributed by atoms with van der Waals surface area (Å²) in [6.45, 7) is 3.88. The summed E-state index contributed by atoms with van der Waals surface area (Å²) < 4.78 is 0. The Hall–Kier alpha value is -4.02. The van der Waals surface area contributed by atoms with Crippen molar-refractivity contribution < 1.29 is 24.6 Å². The lowest BCUT2D eigenvalue weighted by Gasteiger charge is -2.36. The van der Waals surface area contributed by atoms with Gasteiger partial charge in [0.25, 0.3) is 5.91 Å². The maximum absolute atomic E-state index is 14.0. The van der Waals surface area contributed by atoms with E-state index in [4.69, 9.17) is 11.6 Å². The van der Waals surface area contributed by atoms with E-state index in [1.54, 1.807) is 47.1 Å². The zero-order valence-electron chi connectivity index (χ0n) is 26.5. The number of carbonyl (C=O) groups is 3. The van der Waals surface area contributed by atoms with Crippen LogP contribution in [0.1, 0.15) is 48.4 Å². The second-order valence-electron chi connectivity index (χ2n) is 12.8. The summed E-state index contributed by atoms with van der Waals surface area (Å²) in [6, 6.07) is 20.1. The maximum atomic E-state index is 14.0. The van der Waals surface area contributed by atoms with Gasteiger partial charge in [-0.2, -0.15) is 0 Å². The van der Waals surface area contributed by atoms with Crippen molar-refractivity contribution in [3.05, 3.63) is 106 Å². The van der Waals surface area contributed by atoms with Gasteiger partial charge in [-0.1, -0.05) is 67.1 Å². The molecule has 0 spiro atoms. The Kier molecular flexibility index (Phi) is 9.80. The van der Waals surface area contributed by atoms with Crippen LogP contribution >= 0.6 is 11.6 Å². The first-order valence-corrected chi connectivity index (χ1v) is 16.7. The number of nitrogens with one attached hydrogen (secondary N) is 2. The van der Waals surface area contributed by atoms with Crippen LogP contribution in [0.2, 0.25) is 5.02 Å². The van der Waals surface area contributed by atoms with Gasteiger partial charge in [0.1, 0.15) is 0 Å². The van der Waals surface area contributed by atoms with Crippen molar-refractivity contribution in [2.75, 3.05) is 29.9 Å². The van der Waals surface area contributed by atoms with Crippen LogP contribution in [0.15, 0.2) is 78.9 Å². The van der Waals surface area contributed by atoms with Crippen molar-refractivity contribution in [3.8, 4) is 0 Å². The number of rotatable bonds is 9. The highest BCUT2D eigenvalue weighted by atomic mass is 35.5. The first kappa shape index (κ1) is 32.9. The summed E-state index contributed by atoms with van der Waals surface area (Å²) in [5.74, 6) is -1.35. The third kappa shape index (κ3) is 6.71. The van der Waals surface area contributed by atoms with Gasteiger partial charge in [-0.25, -0.2) is 0 Å². The van der Waals surface area contributed by atoms with Gasteiger partial charge in [0.2, 0.25) is 11.8 Å². The Bertz CT molecular complexity index is 1670. The summed E-state index contributed by atoms with van der Waals surface area (Å²) in [5, 5.41) is 28.7. The number of hydrogen-bond donors (Lipinski definition) is 4. The zero-order chi connectivity index (χ0) is 33.1. The highest BCUT2D eigenvalue weighted by Gasteiger charge is 2.52. The number of carbonyl (C=O) groups excluding carboxylic acids is 3. The summed E-state index contributed by atoms with van der Waals surface area (Å²) in [4.78, 5) is 43.2. The van der Waals surface area contributed by atoms with Crippen molar-refractivity contribution in [1.82, 2.24) is 10.2 Å². The topological polar surface area (TPSA) is 122 Å². The van der Waals surface area contributed by atoms with Crippen LogP contribution in [-0.4, -0.2) is 58.6 Å². The van der Waals surface area contributed by atoms with E-state index in [0.29, 0.717) is 41.5 Å². The normalized spacial score (nSPS) is 23.0. The number of nitrogens with zero attached hydrogens (tertiary/aromatic N) is 2. The Balaban J connectivity index is 1.14. The van der Waals surface area contributed by atoms with Crippen LogP contribution in [0.3, 0.4) is 0 Å². The Morgan fingerprint density at radius 2 is 1.89 bits per heavy atom. The molecule has 1 unspecified atom stereocenters. The second-order valence-corrected chi connectivity index (χ2v) is 13.2.